The standard InChI is InChI=1S/C17H18BrNO/c1-13-5-3-6-14(9-13)11-19(2)12-17(20)15-7-4-8-16(18)10-15/h3-10H,11-12H2,1-2H3. The smallest absolute Gasteiger partial charge is 0.176 e. The van der Waals surface area contributed by atoms with Crippen molar-refractivity contribution in [1.29, 1.82) is 0 Å². The lowest BCUT2D eigenvalue weighted by Gasteiger charge is -2.16. The molecule has 2 nitrogen and oxygen atoms in total. The lowest BCUT2D eigenvalue weighted by Crippen LogP contribution is -2.25. The zero-order valence-electron chi connectivity index (χ0n) is 11.8. The second-order valence-electron chi connectivity index (χ2n) is 5.09. The minimum Gasteiger partial charge on any atom is -0.295 e. The van der Waals surface area contributed by atoms with Gasteiger partial charge in [-0.2, -0.15) is 0 Å². The van der Waals surface area contributed by atoms with Crippen molar-refractivity contribution < 1.29 is 4.79 Å². The lowest BCUT2D eigenvalue weighted by atomic mass is 10.1. The van der Waals surface area contributed by atoms with Gasteiger partial charge >= 0.3 is 0 Å². The van der Waals surface area contributed by atoms with E-state index in [1.165, 1.54) is 11.1 Å². The number of nitrogens with zero attached hydrogens (tertiary/aromatic N) is 1. The Hall–Kier alpha value is -1.45. The second-order valence-corrected chi connectivity index (χ2v) is 6.01. The number of hydrogen-bond acceptors (Lipinski definition) is 2. The molecule has 0 atom stereocenters. The van der Waals surface area contributed by atoms with Crippen LogP contribution in [0.25, 0.3) is 0 Å². The maximum absolute atomic E-state index is 12.2. The maximum atomic E-state index is 12.2. The van der Waals surface area contributed by atoms with Crippen LogP contribution in [0.2, 0.25) is 0 Å². The first kappa shape index (κ1) is 14.9. The summed E-state index contributed by atoms with van der Waals surface area (Å²) in [5.41, 5.74) is 3.22. The largest absolute Gasteiger partial charge is 0.295 e. The fourth-order valence-corrected chi connectivity index (χ4v) is 2.58. The van der Waals surface area contributed by atoms with E-state index < -0.39 is 0 Å². The number of Topliss-reactive ketones (excluding diaryl/α,β-unsaturated/α-hetero) is 1. The van der Waals surface area contributed by atoms with Crippen LogP contribution in [0.5, 0.6) is 0 Å². The molecule has 3 heteroatoms. The van der Waals surface area contributed by atoms with Crippen molar-refractivity contribution in [3.63, 3.8) is 0 Å². The minimum absolute atomic E-state index is 0.140. The van der Waals surface area contributed by atoms with Crippen LogP contribution >= 0.6 is 15.9 Å². The Balaban J connectivity index is 1.97. The van der Waals surface area contributed by atoms with E-state index in [1.807, 2.05) is 36.2 Å². The highest BCUT2D eigenvalue weighted by molar-refractivity contribution is 9.10. The fourth-order valence-electron chi connectivity index (χ4n) is 2.18. The van der Waals surface area contributed by atoms with Crippen LogP contribution in [0, 0.1) is 6.92 Å². The SMILES string of the molecule is Cc1cccc(CN(C)CC(=O)c2cccc(Br)c2)c1. The van der Waals surface area contributed by atoms with E-state index in [0.29, 0.717) is 6.54 Å². The molecule has 0 N–H and O–H groups in total. The van der Waals surface area contributed by atoms with E-state index in [2.05, 4.69) is 47.1 Å². The molecule has 2 rings (SSSR count). The Kier molecular flexibility index (Phi) is 5.10. The molecule has 0 saturated carbocycles. The van der Waals surface area contributed by atoms with Crippen molar-refractivity contribution in [3.8, 4) is 0 Å². The highest BCUT2D eigenvalue weighted by Gasteiger charge is 2.10. The molecule has 0 amide bonds. The van der Waals surface area contributed by atoms with Gasteiger partial charge in [0.05, 0.1) is 6.54 Å². The maximum Gasteiger partial charge on any atom is 0.176 e. The molecule has 0 aromatic heterocycles. The van der Waals surface area contributed by atoms with Crippen LogP contribution in [-0.4, -0.2) is 24.3 Å². The Morgan fingerprint density at radius 1 is 1.15 bits per heavy atom. The molecule has 104 valence electrons. The number of likely N-dealkylation sites (N-methyl/N-ethyl adjacent to an activating group) is 1. The van der Waals surface area contributed by atoms with Gasteiger partial charge < -0.3 is 0 Å². The van der Waals surface area contributed by atoms with Crippen LogP contribution in [0.15, 0.2) is 53.0 Å². The lowest BCUT2D eigenvalue weighted by molar-refractivity contribution is 0.0943. The van der Waals surface area contributed by atoms with Crippen LogP contribution in [0.3, 0.4) is 0 Å². The number of carbonyl (C=O) groups is 1. The topological polar surface area (TPSA) is 20.3 Å². The number of halogens is 1. The molecule has 0 bridgehead atoms. The van der Waals surface area contributed by atoms with Gasteiger partial charge in [-0.1, -0.05) is 57.9 Å². The summed E-state index contributed by atoms with van der Waals surface area (Å²) in [6, 6.07) is 15.9. The third-order valence-electron chi connectivity index (χ3n) is 3.10. The fraction of sp³-hybridized carbons (Fsp3) is 0.235. The first-order chi connectivity index (χ1) is 9.54. The summed E-state index contributed by atoms with van der Waals surface area (Å²) in [5, 5.41) is 0. The van der Waals surface area contributed by atoms with Gasteiger partial charge in [0, 0.05) is 16.6 Å². The van der Waals surface area contributed by atoms with Crippen molar-refractivity contribution in [2.75, 3.05) is 13.6 Å². The minimum atomic E-state index is 0.140. The normalized spacial score (nSPS) is 10.8. The predicted molar refractivity (Wildman–Crippen MR) is 86.0 cm³/mol. The van der Waals surface area contributed by atoms with Gasteiger partial charge in [0.1, 0.15) is 0 Å². The highest BCUT2D eigenvalue weighted by atomic mass is 79.9. The number of ketones is 1. The van der Waals surface area contributed by atoms with Crippen LogP contribution in [0.1, 0.15) is 21.5 Å². The quantitative estimate of drug-likeness (QED) is 0.769. The Morgan fingerprint density at radius 3 is 2.60 bits per heavy atom. The molecule has 0 spiro atoms. The molecule has 0 unspecified atom stereocenters. The Morgan fingerprint density at radius 2 is 1.90 bits per heavy atom. The van der Waals surface area contributed by atoms with E-state index in [-0.39, 0.29) is 5.78 Å². The molecule has 20 heavy (non-hydrogen) atoms. The van der Waals surface area contributed by atoms with Gasteiger partial charge in [0.25, 0.3) is 0 Å². The summed E-state index contributed by atoms with van der Waals surface area (Å²) in [6.45, 7) is 3.28. The first-order valence-electron chi connectivity index (χ1n) is 6.57. The Bertz CT molecular complexity index is 609. The number of hydrogen-bond donors (Lipinski definition) is 0. The first-order valence-corrected chi connectivity index (χ1v) is 7.37. The number of aryl methyl sites for hydroxylation is 1. The number of rotatable bonds is 5. The molecule has 0 heterocycles. The van der Waals surface area contributed by atoms with E-state index in [4.69, 9.17) is 0 Å². The van der Waals surface area contributed by atoms with E-state index in [0.717, 1.165) is 16.6 Å². The highest BCUT2D eigenvalue weighted by Crippen LogP contribution is 2.13. The van der Waals surface area contributed by atoms with Gasteiger partial charge in [0.15, 0.2) is 5.78 Å². The summed E-state index contributed by atoms with van der Waals surface area (Å²) in [7, 11) is 1.97. The van der Waals surface area contributed by atoms with Gasteiger partial charge in [-0.25, -0.2) is 0 Å². The van der Waals surface area contributed by atoms with Crippen molar-refractivity contribution in [2.24, 2.45) is 0 Å². The number of benzene rings is 2. The van der Waals surface area contributed by atoms with Crippen molar-refractivity contribution in [2.45, 2.75) is 13.5 Å². The molecule has 0 radical (unpaired) electrons. The van der Waals surface area contributed by atoms with E-state index in [9.17, 15) is 4.79 Å². The average Bonchev–Trinajstić information content (AvgIpc) is 2.38. The molecular formula is C17H18BrNO. The summed E-state index contributed by atoms with van der Waals surface area (Å²) in [4.78, 5) is 14.2. The molecule has 2 aromatic rings. The van der Waals surface area contributed by atoms with Crippen LogP contribution < -0.4 is 0 Å². The molecule has 0 fully saturated rings. The zero-order valence-corrected chi connectivity index (χ0v) is 13.4. The van der Waals surface area contributed by atoms with Crippen molar-refractivity contribution >= 4 is 21.7 Å². The zero-order chi connectivity index (χ0) is 14.5. The third-order valence-corrected chi connectivity index (χ3v) is 3.59. The summed E-state index contributed by atoms with van der Waals surface area (Å²) < 4.78 is 0.935. The van der Waals surface area contributed by atoms with Gasteiger partial charge in [0.2, 0.25) is 0 Å². The summed E-state index contributed by atoms with van der Waals surface area (Å²) >= 11 is 3.39. The Labute approximate surface area is 128 Å². The average molecular weight is 332 g/mol. The van der Waals surface area contributed by atoms with Gasteiger partial charge in [-0.05, 0) is 31.7 Å². The molecular weight excluding hydrogens is 314 g/mol. The molecule has 0 aliphatic carbocycles. The predicted octanol–water partition coefficient (Wildman–Crippen LogP) is 4.07. The van der Waals surface area contributed by atoms with Gasteiger partial charge in [-0.3, -0.25) is 9.69 Å². The second kappa shape index (κ2) is 6.82. The van der Waals surface area contributed by atoms with Crippen molar-refractivity contribution in [1.82, 2.24) is 4.90 Å². The monoisotopic (exact) mass is 331 g/mol. The van der Waals surface area contributed by atoms with Gasteiger partial charge in [-0.15, -0.1) is 0 Å². The summed E-state index contributed by atoms with van der Waals surface area (Å²) in [6.07, 6.45) is 0. The molecule has 0 saturated heterocycles. The van der Waals surface area contributed by atoms with Crippen LogP contribution in [0.4, 0.5) is 0 Å². The van der Waals surface area contributed by atoms with Crippen molar-refractivity contribution in [3.05, 3.63) is 69.7 Å². The number of carbonyl (C=O) groups excluding carboxylic acids is 1. The van der Waals surface area contributed by atoms with E-state index in [1.54, 1.807) is 0 Å². The van der Waals surface area contributed by atoms with E-state index >= 15 is 0 Å². The summed E-state index contributed by atoms with van der Waals surface area (Å²) in [5.74, 6) is 0.140. The molecule has 0 aliphatic heterocycles. The molecule has 2 aromatic carbocycles. The van der Waals surface area contributed by atoms with Crippen LogP contribution in [-0.2, 0) is 6.54 Å². The molecule has 0 aliphatic rings. The third kappa shape index (κ3) is 4.29.